The van der Waals surface area contributed by atoms with E-state index in [2.05, 4.69) is 6.07 Å². The highest BCUT2D eigenvalue weighted by atomic mass is 32.1. The third-order valence-corrected chi connectivity index (χ3v) is 2.24. The van der Waals surface area contributed by atoms with E-state index in [1.807, 2.05) is 0 Å². The molecule has 0 saturated heterocycles. The third-order valence-electron chi connectivity index (χ3n) is 1.55. The Hall–Kier alpha value is -1.42. The lowest BCUT2D eigenvalue weighted by atomic mass is 10.3. The maximum absolute atomic E-state index is 13.1. The van der Waals surface area contributed by atoms with E-state index in [0.29, 0.717) is 5.06 Å². The SMILES string of the molecule is Fc1ccc(Oc2c[c]cs2)c(F)c1. The van der Waals surface area contributed by atoms with Gasteiger partial charge in [-0.1, -0.05) is 0 Å². The smallest absolute Gasteiger partial charge is 0.181 e. The van der Waals surface area contributed by atoms with Gasteiger partial charge in [0.05, 0.1) is 0 Å². The maximum atomic E-state index is 13.1. The molecular weight excluding hydrogens is 206 g/mol. The van der Waals surface area contributed by atoms with Gasteiger partial charge in [0.25, 0.3) is 0 Å². The predicted octanol–water partition coefficient (Wildman–Crippen LogP) is 3.62. The molecule has 2 aromatic rings. The number of hydrogen-bond donors (Lipinski definition) is 0. The van der Waals surface area contributed by atoms with Crippen LogP contribution in [-0.2, 0) is 0 Å². The molecule has 0 saturated carbocycles. The number of benzene rings is 1. The number of ether oxygens (including phenoxy) is 1. The molecule has 1 radical (unpaired) electrons. The zero-order valence-corrected chi connectivity index (χ0v) is 7.78. The lowest BCUT2D eigenvalue weighted by molar-refractivity contribution is 0.447. The normalized spacial score (nSPS) is 10.1. The van der Waals surface area contributed by atoms with E-state index in [-0.39, 0.29) is 5.75 Å². The minimum absolute atomic E-state index is 0.0160. The zero-order valence-electron chi connectivity index (χ0n) is 6.96. The van der Waals surface area contributed by atoms with Gasteiger partial charge in [-0.2, -0.15) is 0 Å². The molecule has 71 valence electrons. The Morgan fingerprint density at radius 1 is 1.29 bits per heavy atom. The summed E-state index contributed by atoms with van der Waals surface area (Å²) in [7, 11) is 0. The first-order valence-corrected chi connectivity index (χ1v) is 4.71. The molecule has 1 heterocycles. The van der Waals surface area contributed by atoms with Crippen LogP contribution >= 0.6 is 11.3 Å². The largest absolute Gasteiger partial charge is 0.444 e. The summed E-state index contributed by atoms with van der Waals surface area (Å²) >= 11 is 1.29. The standard InChI is InChI=1S/C10H5F2OS/c11-7-3-4-9(8(12)6-7)13-10-2-1-5-14-10/h2-6H. The maximum Gasteiger partial charge on any atom is 0.181 e. The Balaban J connectivity index is 2.25. The summed E-state index contributed by atoms with van der Waals surface area (Å²) in [5, 5.41) is 2.21. The average molecular weight is 211 g/mol. The second kappa shape index (κ2) is 3.75. The van der Waals surface area contributed by atoms with Crippen LogP contribution < -0.4 is 4.74 Å². The molecule has 0 atom stereocenters. The van der Waals surface area contributed by atoms with Gasteiger partial charge in [0.15, 0.2) is 16.6 Å². The van der Waals surface area contributed by atoms with Gasteiger partial charge >= 0.3 is 0 Å². The number of hydrogen-bond acceptors (Lipinski definition) is 2. The van der Waals surface area contributed by atoms with Crippen LogP contribution in [0, 0.1) is 17.7 Å². The van der Waals surface area contributed by atoms with Crippen molar-refractivity contribution in [2.45, 2.75) is 0 Å². The molecule has 0 fully saturated rings. The van der Waals surface area contributed by atoms with Gasteiger partial charge in [-0.25, -0.2) is 8.78 Å². The van der Waals surface area contributed by atoms with E-state index in [1.165, 1.54) is 17.4 Å². The van der Waals surface area contributed by atoms with E-state index in [1.54, 1.807) is 11.4 Å². The van der Waals surface area contributed by atoms with Crippen LogP contribution in [0.15, 0.2) is 29.6 Å². The second-order valence-electron chi connectivity index (χ2n) is 2.54. The quantitative estimate of drug-likeness (QED) is 0.737. The lowest BCUT2D eigenvalue weighted by Crippen LogP contribution is -1.87. The summed E-state index contributed by atoms with van der Waals surface area (Å²) in [4.78, 5) is 0. The summed E-state index contributed by atoms with van der Waals surface area (Å²) in [5.74, 6) is -1.31. The molecule has 0 unspecified atom stereocenters. The van der Waals surface area contributed by atoms with Gasteiger partial charge < -0.3 is 4.74 Å². The van der Waals surface area contributed by atoms with E-state index in [0.717, 1.165) is 12.1 Å². The molecule has 0 aliphatic rings. The van der Waals surface area contributed by atoms with Crippen LogP contribution in [0.3, 0.4) is 0 Å². The fourth-order valence-electron chi connectivity index (χ4n) is 0.948. The second-order valence-corrected chi connectivity index (χ2v) is 3.42. The van der Waals surface area contributed by atoms with Gasteiger partial charge in [-0.05, 0) is 18.2 Å². The lowest BCUT2D eigenvalue weighted by Gasteiger charge is -2.03. The van der Waals surface area contributed by atoms with Gasteiger partial charge in [0.2, 0.25) is 0 Å². The molecule has 0 aliphatic heterocycles. The molecule has 0 aliphatic carbocycles. The van der Waals surface area contributed by atoms with E-state index in [4.69, 9.17) is 4.74 Å². The topological polar surface area (TPSA) is 9.23 Å². The molecule has 0 spiro atoms. The van der Waals surface area contributed by atoms with Gasteiger partial charge in [-0.3, -0.25) is 0 Å². The number of halogens is 2. The van der Waals surface area contributed by atoms with Crippen LogP contribution in [0.4, 0.5) is 8.78 Å². The Morgan fingerprint density at radius 3 is 2.79 bits per heavy atom. The van der Waals surface area contributed by atoms with Crippen LogP contribution in [0.5, 0.6) is 10.8 Å². The summed E-state index contributed by atoms with van der Waals surface area (Å²) in [5.41, 5.74) is 0. The van der Waals surface area contributed by atoms with Crippen molar-refractivity contribution in [2.24, 2.45) is 0 Å². The molecule has 4 heteroatoms. The monoisotopic (exact) mass is 211 g/mol. The van der Waals surface area contributed by atoms with Crippen LogP contribution in [-0.4, -0.2) is 0 Å². The van der Waals surface area contributed by atoms with Crippen molar-refractivity contribution in [3.05, 3.63) is 47.3 Å². The highest BCUT2D eigenvalue weighted by Gasteiger charge is 2.06. The molecule has 1 nitrogen and oxygen atoms in total. The summed E-state index contributed by atoms with van der Waals surface area (Å²) in [6, 6.07) is 7.56. The fraction of sp³-hybridized carbons (Fsp3) is 0. The van der Waals surface area contributed by atoms with Gasteiger partial charge in [0.1, 0.15) is 5.82 Å². The van der Waals surface area contributed by atoms with Crippen molar-refractivity contribution in [3.8, 4) is 10.8 Å². The predicted molar refractivity (Wildman–Crippen MR) is 49.6 cm³/mol. The minimum Gasteiger partial charge on any atom is -0.444 e. The van der Waals surface area contributed by atoms with Crippen LogP contribution in [0.2, 0.25) is 0 Å². The van der Waals surface area contributed by atoms with Crippen molar-refractivity contribution >= 4 is 11.3 Å². The summed E-state index contributed by atoms with van der Waals surface area (Å²) < 4.78 is 30.7. The van der Waals surface area contributed by atoms with Crippen molar-refractivity contribution in [3.63, 3.8) is 0 Å². The van der Waals surface area contributed by atoms with Gasteiger partial charge in [-0.15, -0.1) is 11.3 Å². The molecule has 0 bridgehead atoms. The highest BCUT2D eigenvalue weighted by Crippen LogP contribution is 2.27. The number of thiophene rings is 1. The molecule has 0 amide bonds. The van der Waals surface area contributed by atoms with E-state index in [9.17, 15) is 8.78 Å². The molecule has 1 aromatic heterocycles. The van der Waals surface area contributed by atoms with Crippen molar-refractivity contribution in [1.29, 1.82) is 0 Å². The summed E-state index contributed by atoms with van der Waals surface area (Å²) in [6.07, 6.45) is 0. The molecular formula is C10H5F2OS. The Kier molecular flexibility index (Phi) is 2.45. The van der Waals surface area contributed by atoms with E-state index >= 15 is 0 Å². The molecule has 2 rings (SSSR count). The van der Waals surface area contributed by atoms with Crippen LogP contribution in [0.1, 0.15) is 0 Å². The molecule has 0 N–H and O–H groups in total. The zero-order chi connectivity index (χ0) is 9.97. The van der Waals surface area contributed by atoms with Crippen molar-refractivity contribution < 1.29 is 13.5 Å². The minimum atomic E-state index is -0.710. The average Bonchev–Trinajstić information content (AvgIpc) is 2.62. The first-order valence-electron chi connectivity index (χ1n) is 3.83. The summed E-state index contributed by atoms with van der Waals surface area (Å²) in [6.45, 7) is 0. The highest BCUT2D eigenvalue weighted by molar-refractivity contribution is 7.11. The first-order chi connectivity index (χ1) is 6.75. The third kappa shape index (κ3) is 1.90. The fourth-order valence-corrected chi connectivity index (χ4v) is 1.47. The van der Waals surface area contributed by atoms with Crippen molar-refractivity contribution in [1.82, 2.24) is 0 Å². The molecule has 14 heavy (non-hydrogen) atoms. The van der Waals surface area contributed by atoms with Crippen molar-refractivity contribution in [2.75, 3.05) is 0 Å². The Bertz CT molecular complexity index is 426. The molecule has 1 aromatic carbocycles. The Morgan fingerprint density at radius 2 is 2.14 bits per heavy atom. The van der Waals surface area contributed by atoms with Gasteiger partial charge in [0, 0.05) is 17.5 Å². The first kappa shape index (κ1) is 9.15. The van der Waals surface area contributed by atoms with Crippen LogP contribution in [0.25, 0.3) is 0 Å². The van der Waals surface area contributed by atoms with E-state index < -0.39 is 11.6 Å². The Labute approximate surface area is 83.6 Å². The number of rotatable bonds is 2.